The summed E-state index contributed by atoms with van der Waals surface area (Å²) in [6.07, 6.45) is 4.72. The van der Waals surface area contributed by atoms with Crippen LogP contribution in [0, 0.1) is 0 Å². The molecule has 0 aliphatic carbocycles. The van der Waals surface area contributed by atoms with E-state index in [2.05, 4.69) is 45.1 Å². The maximum absolute atomic E-state index is 4.92. The highest BCUT2D eigenvalue weighted by molar-refractivity contribution is 7.13. The molecule has 2 aromatic heterocycles. The van der Waals surface area contributed by atoms with Gasteiger partial charge in [-0.25, -0.2) is 4.98 Å². The molecule has 0 N–H and O–H groups in total. The first-order valence-corrected chi connectivity index (χ1v) is 8.25. The van der Waals surface area contributed by atoms with Gasteiger partial charge in [-0.05, 0) is 24.3 Å². The number of piperidine rings is 1. The van der Waals surface area contributed by atoms with E-state index in [4.69, 9.17) is 4.98 Å². The fourth-order valence-electron chi connectivity index (χ4n) is 3.42. The number of aryl methyl sites for hydroxylation is 1. The van der Waals surface area contributed by atoms with Gasteiger partial charge in [-0.2, -0.15) is 0 Å². The van der Waals surface area contributed by atoms with Crippen LogP contribution in [0.1, 0.15) is 12.8 Å². The predicted octanol–water partition coefficient (Wildman–Crippen LogP) is 2.43. The molecule has 0 unspecified atom stereocenters. The molecule has 4 nitrogen and oxygen atoms in total. The van der Waals surface area contributed by atoms with E-state index in [1.165, 1.54) is 37.4 Å². The number of aromatic nitrogens is 2. The van der Waals surface area contributed by atoms with E-state index in [0.29, 0.717) is 6.04 Å². The summed E-state index contributed by atoms with van der Waals surface area (Å²) in [5.41, 5.74) is 1.11. The average molecular weight is 288 g/mol. The molecule has 0 radical (unpaired) electrons. The fourth-order valence-corrected chi connectivity index (χ4v) is 4.10. The zero-order valence-corrected chi connectivity index (χ0v) is 12.6. The van der Waals surface area contributed by atoms with Crippen molar-refractivity contribution in [2.24, 2.45) is 7.05 Å². The van der Waals surface area contributed by atoms with Gasteiger partial charge >= 0.3 is 0 Å². The van der Waals surface area contributed by atoms with Gasteiger partial charge in [-0.1, -0.05) is 6.07 Å². The third-order valence-electron chi connectivity index (χ3n) is 4.54. The number of imidazole rings is 1. The molecule has 0 spiro atoms. The normalized spacial score (nSPS) is 25.9. The Balaban J connectivity index is 1.68. The molecule has 5 heteroatoms. The van der Waals surface area contributed by atoms with Gasteiger partial charge in [0.25, 0.3) is 0 Å². The standard InChI is InChI=1S/C15H20N4S/c1-17-11-13(14-3-2-10-20-14)16-15(17)19-9-8-18-6-4-12(19)5-7-18/h2-3,10-12H,4-9H2,1H3. The van der Waals surface area contributed by atoms with Crippen LogP contribution in [0.4, 0.5) is 5.95 Å². The third-order valence-corrected chi connectivity index (χ3v) is 5.43. The summed E-state index contributed by atoms with van der Waals surface area (Å²) in [6, 6.07) is 4.91. The Morgan fingerprint density at radius 3 is 2.80 bits per heavy atom. The van der Waals surface area contributed by atoms with E-state index in [1.807, 2.05) is 0 Å². The molecule has 20 heavy (non-hydrogen) atoms. The lowest BCUT2D eigenvalue weighted by Crippen LogP contribution is -2.39. The third kappa shape index (κ3) is 2.05. The largest absolute Gasteiger partial charge is 0.338 e. The molecule has 5 heterocycles. The first-order chi connectivity index (χ1) is 9.81. The van der Waals surface area contributed by atoms with Gasteiger partial charge in [0.2, 0.25) is 5.95 Å². The van der Waals surface area contributed by atoms with Gasteiger partial charge < -0.3 is 14.4 Å². The van der Waals surface area contributed by atoms with Crippen LogP contribution in [-0.2, 0) is 7.05 Å². The molecule has 3 aliphatic rings. The molecule has 3 fully saturated rings. The summed E-state index contributed by atoms with van der Waals surface area (Å²) in [6.45, 7) is 4.80. The van der Waals surface area contributed by atoms with Crippen molar-refractivity contribution in [1.82, 2.24) is 14.5 Å². The first-order valence-electron chi connectivity index (χ1n) is 7.37. The van der Waals surface area contributed by atoms with Crippen LogP contribution in [0.3, 0.4) is 0 Å². The summed E-state index contributed by atoms with van der Waals surface area (Å²) >= 11 is 1.76. The van der Waals surface area contributed by atoms with Crippen LogP contribution in [0.15, 0.2) is 23.7 Å². The number of hydrogen-bond acceptors (Lipinski definition) is 4. The van der Waals surface area contributed by atoms with Crippen LogP contribution in [0.2, 0.25) is 0 Å². The van der Waals surface area contributed by atoms with Gasteiger partial charge in [-0.3, -0.25) is 0 Å². The molecule has 5 rings (SSSR count). The lowest BCUT2D eigenvalue weighted by atomic mass is 10.1. The molecule has 2 aromatic rings. The second kappa shape index (κ2) is 4.90. The molecule has 2 bridgehead atoms. The molecule has 0 amide bonds. The number of fused-ring (bicyclic) bond motifs is 4. The number of hydrogen-bond donors (Lipinski definition) is 0. The monoisotopic (exact) mass is 288 g/mol. The Labute approximate surface area is 123 Å². The van der Waals surface area contributed by atoms with Crippen molar-refractivity contribution in [2.45, 2.75) is 18.9 Å². The fraction of sp³-hybridized carbons (Fsp3) is 0.533. The maximum Gasteiger partial charge on any atom is 0.206 e. The highest BCUT2D eigenvalue weighted by atomic mass is 32.1. The van der Waals surface area contributed by atoms with Crippen molar-refractivity contribution in [1.29, 1.82) is 0 Å². The van der Waals surface area contributed by atoms with E-state index >= 15 is 0 Å². The predicted molar refractivity (Wildman–Crippen MR) is 83.3 cm³/mol. The van der Waals surface area contributed by atoms with Crippen molar-refractivity contribution in [3.8, 4) is 10.6 Å². The lowest BCUT2D eigenvalue weighted by molar-refractivity contribution is 0.250. The van der Waals surface area contributed by atoms with Gasteiger partial charge in [0.05, 0.1) is 4.88 Å². The zero-order chi connectivity index (χ0) is 13.5. The van der Waals surface area contributed by atoms with E-state index in [9.17, 15) is 0 Å². The van der Waals surface area contributed by atoms with Gasteiger partial charge in [-0.15, -0.1) is 11.3 Å². The van der Waals surface area contributed by atoms with Gasteiger partial charge in [0, 0.05) is 45.5 Å². The summed E-state index contributed by atoms with van der Waals surface area (Å²) in [5, 5.41) is 2.12. The maximum atomic E-state index is 4.92. The Hall–Kier alpha value is -1.33. The van der Waals surface area contributed by atoms with Crippen LogP contribution in [0.5, 0.6) is 0 Å². The molecular formula is C15H20N4S. The molecule has 0 atom stereocenters. The van der Waals surface area contributed by atoms with Crippen molar-refractivity contribution in [3.63, 3.8) is 0 Å². The zero-order valence-electron chi connectivity index (χ0n) is 11.8. The van der Waals surface area contributed by atoms with Crippen LogP contribution in [-0.4, -0.2) is 46.7 Å². The molecule has 106 valence electrons. The minimum Gasteiger partial charge on any atom is -0.338 e. The first kappa shape index (κ1) is 12.4. The highest BCUT2D eigenvalue weighted by Gasteiger charge is 2.31. The Kier molecular flexibility index (Phi) is 3.04. The number of rotatable bonds is 2. The van der Waals surface area contributed by atoms with Gasteiger partial charge in [0.15, 0.2) is 0 Å². The molecule has 3 saturated heterocycles. The number of nitrogens with zero attached hydrogens (tertiary/aromatic N) is 4. The summed E-state index contributed by atoms with van der Waals surface area (Å²) in [5.74, 6) is 1.14. The Bertz CT molecular complexity index is 581. The quantitative estimate of drug-likeness (QED) is 0.848. The van der Waals surface area contributed by atoms with E-state index in [-0.39, 0.29) is 0 Å². The lowest BCUT2D eigenvalue weighted by Gasteiger charge is -2.31. The summed E-state index contributed by atoms with van der Waals surface area (Å²) in [7, 11) is 2.12. The van der Waals surface area contributed by atoms with Crippen LogP contribution >= 0.6 is 11.3 Å². The van der Waals surface area contributed by atoms with E-state index < -0.39 is 0 Å². The second-order valence-corrected chi connectivity index (χ2v) is 6.73. The summed E-state index contributed by atoms with van der Waals surface area (Å²) < 4.78 is 2.20. The van der Waals surface area contributed by atoms with E-state index in [1.54, 1.807) is 11.3 Å². The SMILES string of the molecule is Cn1cc(-c2cccs2)nc1N1CCN2CCC1CC2. The molecule has 0 saturated carbocycles. The van der Waals surface area contributed by atoms with Crippen LogP contribution < -0.4 is 4.90 Å². The second-order valence-electron chi connectivity index (χ2n) is 5.78. The van der Waals surface area contributed by atoms with Crippen molar-refractivity contribution < 1.29 is 0 Å². The smallest absolute Gasteiger partial charge is 0.206 e. The van der Waals surface area contributed by atoms with Crippen molar-refractivity contribution in [3.05, 3.63) is 23.7 Å². The van der Waals surface area contributed by atoms with Crippen molar-refractivity contribution >= 4 is 17.3 Å². The van der Waals surface area contributed by atoms with Crippen molar-refractivity contribution in [2.75, 3.05) is 31.1 Å². The Morgan fingerprint density at radius 1 is 1.20 bits per heavy atom. The number of anilines is 1. The molecule has 3 aliphatic heterocycles. The topological polar surface area (TPSA) is 24.3 Å². The number of thiophene rings is 1. The summed E-state index contributed by atoms with van der Waals surface area (Å²) in [4.78, 5) is 11.3. The van der Waals surface area contributed by atoms with Crippen LogP contribution in [0.25, 0.3) is 10.6 Å². The molecule has 0 aromatic carbocycles. The Morgan fingerprint density at radius 2 is 2.05 bits per heavy atom. The average Bonchev–Trinajstić information content (AvgIpc) is 3.03. The van der Waals surface area contributed by atoms with Gasteiger partial charge in [0.1, 0.15) is 5.69 Å². The minimum absolute atomic E-state index is 0.672. The minimum atomic E-state index is 0.672. The highest BCUT2D eigenvalue weighted by Crippen LogP contribution is 2.30. The molecular weight excluding hydrogens is 268 g/mol. The van der Waals surface area contributed by atoms with E-state index in [0.717, 1.165) is 18.2 Å².